The molecule has 2 aromatic carbocycles. The van der Waals surface area contributed by atoms with Crippen LogP contribution in [0.15, 0.2) is 48.5 Å². The fraction of sp³-hybridized carbons (Fsp3) is 0.211. The van der Waals surface area contributed by atoms with E-state index in [0.717, 1.165) is 11.6 Å². The Labute approximate surface area is 149 Å². The number of hydrogen-bond donors (Lipinski definition) is 2. The third-order valence-electron chi connectivity index (χ3n) is 3.35. The molecular weight excluding hydrogens is 345 g/mol. The van der Waals surface area contributed by atoms with Crippen molar-refractivity contribution in [3.63, 3.8) is 0 Å². The molecule has 4 nitrogen and oxygen atoms in total. The molecular formula is C19H17F3N2O2. The minimum atomic E-state index is -4.53. The summed E-state index contributed by atoms with van der Waals surface area (Å²) in [4.78, 5) is 11.5. The van der Waals surface area contributed by atoms with Crippen LogP contribution < -0.4 is 11.1 Å². The minimum Gasteiger partial charge on any atom is -0.445 e. The summed E-state index contributed by atoms with van der Waals surface area (Å²) in [6.07, 6.45) is -4.99. The standard InChI is InChI=1S/C19H17F3N2O2/c20-19(21,22)16-10-6-11-17(23)15(16)9-4-5-12-24-18(25)26-13-14-7-2-1-3-8-14/h1-3,6-8,10-11H,5,12-13,23H2,(H,24,25). The zero-order chi connectivity index (χ0) is 19.0. The molecule has 0 bridgehead atoms. The number of carbonyl (C=O) groups excluding carboxylic acids is 1. The minimum absolute atomic E-state index is 0.0393. The van der Waals surface area contributed by atoms with E-state index in [0.29, 0.717) is 0 Å². The number of hydrogen-bond acceptors (Lipinski definition) is 3. The number of carbonyl (C=O) groups is 1. The van der Waals surface area contributed by atoms with E-state index in [1.165, 1.54) is 12.1 Å². The second-order valence-corrected chi connectivity index (χ2v) is 5.31. The van der Waals surface area contributed by atoms with Crippen LogP contribution in [0.3, 0.4) is 0 Å². The Bertz CT molecular complexity index is 809. The first-order valence-electron chi connectivity index (χ1n) is 7.77. The lowest BCUT2D eigenvalue weighted by molar-refractivity contribution is -0.137. The fourth-order valence-electron chi connectivity index (χ4n) is 2.10. The van der Waals surface area contributed by atoms with Gasteiger partial charge in [-0.3, -0.25) is 0 Å². The molecule has 136 valence electrons. The smallest absolute Gasteiger partial charge is 0.417 e. The molecule has 26 heavy (non-hydrogen) atoms. The monoisotopic (exact) mass is 362 g/mol. The van der Waals surface area contributed by atoms with Gasteiger partial charge in [-0.1, -0.05) is 48.2 Å². The molecule has 2 aromatic rings. The van der Waals surface area contributed by atoms with Gasteiger partial charge in [0, 0.05) is 18.7 Å². The van der Waals surface area contributed by atoms with Gasteiger partial charge < -0.3 is 15.8 Å². The van der Waals surface area contributed by atoms with Crippen molar-refractivity contribution in [2.75, 3.05) is 12.3 Å². The van der Waals surface area contributed by atoms with E-state index < -0.39 is 17.8 Å². The summed E-state index contributed by atoms with van der Waals surface area (Å²) in [5.74, 6) is 5.02. The van der Waals surface area contributed by atoms with Crippen molar-refractivity contribution in [1.82, 2.24) is 5.32 Å². The molecule has 0 aromatic heterocycles. The summed E-state index contributed by atoms with van der Waals surface area (Å²) >= 11 is 0. The number of alkyl carbamates (subject to hydrolysis) is 1. The van der Waals surface area contributed by atoms with E-state index in [1.807, 2.05) is 30.3 Å². The molecule has 0 fully saturated rings. The first-order chi connectivity index (χ1) is 12.4. The van der Waals surface area contributed by atoms with Crippen molar-refractivity contribution in [1.29, 1.82) is 0 Å². The second kappa shape index (κ2) is 8.81. The number of halogens is 3. The summed E-state index contributed by atoms with van der Waals surface area (Å²) in [6, 6.07) is 12.7. The van der Waals surface area contributed by atoms with Gasteiger partial charge in [0.1, 0.15) is 6.61 Å². The second-order valence-electron chi connectivity index (χ2n) is 5.31. The Hall–Kier alpha value is -3.14. The summed E-state index contributed by atoms with van der Waals surface area (Å²) in [6.45, 7) is 0.280. The van der Waals surface area contributed by atoms with E-state index in [4.69, 9.17) is 10.5 Å². The lowest BCUT2D eigenvalue weighted by atomic mass is 10.1. The van der Waals surface area contributed by atoms with E-state index in [-0.39, 0.29) is 30.8 Å². The lowest BCUT2D eigenvalue weighted by Gasteiger charge is -2.10. The highest BCUT2D eigenvalue weighted by Gasteiger charge is 2.33. The highest BCUT2D eigenvalue weighted by atomic mass is 19.4. The van der Waals surface area contributed by atoms with Gasteiger partial charge >= 0.3 is 12.3 Å². The third-order valence-corrected chi connectivity index (χ3v) is 3.35. The average Bonchev–Trinajstić information content (AvgIpc) is 2.60. The highest BCUT2D eigenvalue weighted by molar-refractivity contribution is 5.67. The van der Waals surface area contributed by atoms with Crippen LogP contribution in [0.1, 0.15) is 23.1 Å². The van der Waals surface area contributed by atoms with Crippen molar-refractivity contribution in [2.24, 2.45) is 0 Å². The van der Waals surface area contributed by atoms with Crippen molar-refractivity contribution in [2.45, 2.75) is 19.2 Å². The predicted molar refractivity (Wildman–Crippen MR) is 92.0 cm³/mol. The van der Waals surface area contributed by atoms with Crippen LogP contribution in [-0.2, 0) is 17.5 Å². The number of amides is 1. The molecule has 0 radical (unpaired) electrons. The van der Waals surface area contributed by atoms with E-state index in [1.54, 1.807) is 0 Å². The number of anilines is 1. The number of rotatable bonds is 4. The van der Waals surface area contributed by atoms with Crippen LogP contribution >= 0.6 is 0 Å². The molecule has 3 N–H and O–H groups in total. The normalized spacial score (nSPS) is 10.6. The Morgan fingerprint density at radius 3 is 2.54 bits per heavy atom. The first-order valence-corrected chi connectivity index (χ1v) is 7.77. The topological polar surface area (TPSA) is 64.3 Å². The molecule has 0 aliphatic rings. The van der Waals surface area contributed by atoms with Gasteiger partial charge in [-0.05, 0) is 17.7 Å². The Balaban J connectivity index is 1.83. The number of nitrogens with two attached hydrogens (primary N) is 1. The number of benzene rings is 2. The number of alkyl halides is 3. The summed E-state index contributed by atoms with van der Waals surface area (Å²) < 4.78 is 43.8. The SMILES string of the molecule is Nc1cccc(C(F)(F)F)c1C#CCCNC(=O)OCc1ccccc1. The van der Waals surface area contributed by atoms with Gasteiger partial charge in [-0.15, -0.1) is 0 Å². The van der Waals surface area contributed by atoms with Crippen molar-refractivity contribution >= 4 is 11.8 Å². The molecule has 0 heterocycles. The maximum atomic E-state index is 12.9. The van der Waals surface area contributed by atoms with Gasteiger partial charge in [0.15, 0.2) is 0 Å². The van der Waals surface area contributed by atoms with Crippen LogP contribution in [-0.4, -0.2) is 12.6 Å². The maximum Gasteiger partial charge on any atom is 0.417 e. The van der Waals surface area contributed by atoms with Gasteiger partial charge in [-0.25, -0.2) is 4.79 Å². The van der Waals surface area contributed by atoms with Crippen LogP contribution in [0, 0.1) is 11.8 Å². The number of nitrogens with one attached hydrogen (secondary N) is 1. The zero-order valence-electron chi connectivity index (χ0n) is 13.8. The van der Waals surface area contributed by atoms with Gasteiger partial charge in [0.05, 0.1) is 11.1 Å². The maximum absolute atomic E-state index is 12.9. The Morgan fingerprint density at radius 2 is 1.85 bits per heavy atom. The van der Waals surface area contributed by atoms with Crippen LogP contribution in [0.4, 0.5) is 23.7 Å². The average molecular weight is 362 g/mol. The fourth-order valence-corrected chi connectivity index (χ4v) is 2.10. The zero-order valence-corrected chi connectivity index (χ0v) is 13.8. The van der Waals surface area contributed by atoms with Crippen molar-refractivity contribution in [3.05, 3.63) is 65.2 Å². The quantitative estimate of drug-likeness (QED) is 0.492. The Morgan fingerprint density at radius 1 is 1.12 bits per heavy atom. The summed E-state index contributed by atoms with van der Waals surface area (Å²) in [7, 11) is 0. The molecule has 1 amide bonds. The number of nitrogen functional groups attached to an aromatic ring is 1. The molecule has 2 rings (SSSR count). The van der Waals surface area contributed by atoms with E-state index in [2.05, 4.69) is 17.2 Å². The molecule has 7 heteroatoms. The molecule has 0 atom stereocenters. The van der Waals surface area contributed by atoms with Gasteiger partial charge in [0.25, 0.3) is 0 Å². The molecule has 0 saturated carbocycles. The van der Waals surface area contributed by atoms with E-state index >= 15 is 0 Å². The largest absolute Gasteiger partial charge is 0.445 e. The third kappa shape index (κ3) is 5.74. The summed E-state index contributed by atoms with van der Waals surface area (Å²) in [5, 5.41) is 2.48. The molecule has 0 saturated heterocycles. The van der Waals surface area contributed by atoms with Gasteiger partial charge in [0.2, 0.25) is 0 Å². The molecule has 0 unspecified atom stereocenters. The lowest BCUT2D eigenvalue weighted by Crippen LogP contribution is -2.24. The highest BCUT2D eigenvalue weighted by Crippen LogP contribution is 2.33. The van der Waals surface area contributed by atoms with Crippen LogP contribution in [0.25, 0.3) is 0 Å². The summed E-state index contributed by atoms with van der Waals surface area (Å²) in [5.41, 5.74) is 5.26. The van der Waals surface area contributed by atoms with Crippen molar-refractivity contribution in [3.8, 4) is 11.8 Å². The van der Waals surface area contributed by atoms with E-state index in [9.17, 15) is 18.0 Å². The van der Waals surface area contributed by atoms with Crippen LogP contribution in [0.5, 0.6) is 0 Å². The number of ether oxygens (including phenoxy) is 1. The Kier molecular flexibility index (Phi) is 6.50. The van der Waals surface area contributed by atoms with Gasteiger partial charge in [-0.2, -0.15) is 13.2 Å². The molecule has 0 aliphatic carbocycles. The van der Waals surface area contributed by atoms with Crippen molar-refractivity contribution < 1.29 is 22.7 Å². The molecule has 0 aliphatic heterocycles. The first kappa shape index (κ1) is 19.2. The van der Waals surface area contributed by atoms with Crippen LogP contribution in [0.2, 0.25) is 0 Å². The predicted octanol–water partition coefficient (Wildman–Crippen LogP) is 3.96. The molecule has 0 spiro atoms.